The molecule has 0 atom stereocenters. The molecule has 2 heterocycles. The lowest BCUT2D eigenvalue weighted by atomic mass is 10.2. The van der Waals surface area contributed by atoms with Gasteiger partial charge in [0.2, 0.25) is 0 Å². The van der Waals surface area contributed by atoms with Crippen molar-refractivity contribution < 1.29 is 0 Å². The second kappa shape index (κ2) is 5.28. The molecule has 19 heavy (non-hydrogen) atoms. The van der Waals surface area contributed by atoms with Crippen molar-refractivity contribution in [3.8, 4) is 0 Å². The number of aryl methyl sites for hydroxylation is 1. The molecule has 4 heteroatoms. The van der Waals surface area contributed by atoms with E-state index in [9.17, 15) is 0 Å². The van der Waals surface area contributed by atoms with Gasteiger partial charge in [0.05, 0.1) is 6.54 Å². The lowest BCUT2D eigenvalue weighted by molar-refractivity contribution is 0.555. The first-order chi connectivity index (χ1) is 9.34. The summed E-state index contributed by atoms with van der Waals surface area (Å²) in [5.41, 5.74) is 2.63. The van der Waals surface area contributed by atoms with E-state index >= 15 is 0 Å². The second-order valence-corrected chi connectivity index (χ2v) is 4.73. The van der Waals surface area contributed by atoms with Crippen LogP contribution in [0.5, 0.6) is 0 Å². The Morgan fingerprint density at radius 1 is 1.21 bits per heavy atom. The molecule has 0 fully saturated rings. The summed E-state index contributed by atoms with van der Waals surface area (Å²) in [6.07, 6.45) is 6.00. The van der Waals surface area contributed by atoms with E-state index in [-0.39, 0.29) is 0 Å². The summed E-state index contributed by atoms with van der Waals surface area (Å²) in [7, 11) is 2.09. The van der Waals surface area contributed by atoms with E-state index in [4.69, 9.17) is 0 Å². The zero-order chi connectivity index (χ0) is 13.1. The van der Waals surface area contributed by atoms with Gasteiger partial charge in [0.15, 0.2) is 0 Å². The zero-order valence-corrected chi connectivity index (χ0v) is 11.1. The third-order valence-electron chi connectivity index (χ3n) is 3.37. The van der Waals surface area contributed by atoms with Crippen molar-refractivity contribution in [1.82, 2.24) is 19.7 Å². The molecular formula is C15H18N4. The van der Waals surface area contributed by atoms with Crippen LogP contribution >= 0.6 is 0 Å². The quantitative estimate of drug-likeness (QED) is 0.708. The van der Waals surface area contributed by atoms with Gasteiger partial charge in [-0.05, 0) is 17.7 Å². The van der Waals surface area contributed by atoms with Gasteiger partial charge in [0.1, 0.15) is 0 Å². The molecule has 3 rings (SSSR count). The molecule has 1 N–H and O–H groups in total. The smallest absolute Gasteiger partial charge is 0.0534 e. The van der Waals surface area contributed by atoms with E-state index in [1.165, 1.54) is 16.5 Å². The van der Waals surface area contributed by atoms with Crippen LogP contribution < -0.4 is 5.32 Å². The zero-order valence-electron chi connectivity index (χ0n) is 11.1. The minimum atomic E-state index is 0.891. The lowest BCUT2D eigenvalue weighted by Gasteiger charge is -2.04. The van der Waals surface area contributed by atoms with Crippen molar-refractivity contribution in [3.05, 3.63) is 54.5 Å². The first kappa shape index (κ1) is 12.0. The van der Waals surface area contributed by atoms with Crippen LogP contribution in [0.2, 0.25) is 0 Å². The van der Waals surface area contributed by atoms with Crippen molar-refractivity contribution in [1.29, 1.82) is 0 Å². The Balaban J connectivity index is 1.62. The highest BCUT2D eigenvalue weighted by Gasteiger charge is 2.04. The van der Waals surface area contributed by atoms with Crippen molar-refractivity contribution in [2.75, 3.05) is 6.54 Å². The molecule has 98 valence electrons. The standard InChI is InChI=1S/C15H18N4/c1-18-12-13(14-5-2-3-6-15(14)18)11-16-8-10-19-9-4-7-17-19/h2-7,9,12,16H,8,10-11H2,1H3. The number of hydrogen-bond acceptors (Lipinski definition) is 2. The van der Waals surface area contributed by atoms with Gasteiger partial charge in [-0.25, -0.2) is 0 Å². The Hall–Kier alpha value is -2.07. The molecule has 0 spiro atoms. The average Bonchev–Trinajstić information content (AvgIpc) is 3.04. The Morgan fingerprint density at radius 2 is 2.11 bits per heavy atom. The number of para-hydroxylation sites is 1. The van der Waals surface area contributed by atoms with E-state index < -0.39 is 0 Å². The van der Waals surface area contributed by atoms with Crippen LogP contribution in [0.15, 0.2) is 48.9 Å². The van der Waals surface area contributed by atoms with Crippen molar-refractivity contribution in [2.24, 2.45) is 7.05 Å². The van der Waals surface area contributed by atoms with Crippen LogP contribution in [0.25, 0.3) is 10.9 Å². The molecule has 1 aromatic carbocycles. The summed E-state index contributed by atoms with van der Waals surface area (Å²) in [4.78, 5) is 0. The summed E-state index contributed by atoms with van der Waals surface area (Å²) < 4.78 is 4.12. The molecule has 4 nitrogen and oxygen atoms in total. The van der Waals surface area contributed by atoms with Gasteiger partial charge in [-0.1, -0.05) is 18.2 Å². The number of nitrogens with zero attached hydrogens (tertiary/aromatic N) is 3. The van der Waals surface area contributed by atoms with Crippen molar-refractivity contribution in [3.63, 3.8) is 0 Å². The third-order valence-corrected chi connectivity index (χ3v) is 3.37. The van der Waals surface area contributed by atoms with Crippen LogP contribution in [-0.4, -0.2) is 20.9 Å². The van der Waals surface area contributed by atoms with E-state index in [1.807, 2.05) is 23.1 Å². The maximum absolute atomic E-state index is 4.19. The summed E-state index contributed by atoms with van der Waals surface area (Å²) in [6, 6.07) is 10.5. The van der Waals surface area contributed by atoms with Crippen molar-refractivity contribution in [2.45, 2.75) is 13.1 Å². The van der Waals surface area contributed by atoms with Gasteiger partial charge < -0.3 is 9.88 Å². The van der Waals surface area contributed by atoms with Crippen LogP contribution in [-0.2, 0) is 20.1 Å². The van der Waals surface area contributed by atoms with E-state index in [0.717, 1.165) is 19.6 Å². The maximum Gasteiger partial charge on any atom is 0.0534 e. The summed E-state index contributed by atoms with van der Waals surface area (Å²) in [5.74, 6) is 0. The van der Waals surface area contributed by atoms with Gasteiger partial charge >= 0.3 is 0 Å². The average molecular weight is 254 g/mol. The van der Waals surface area contributed by atoms with Gasteiger partial charge in [0.25, 0.3) is 0 Å². The maximum atomic E-state index is 4.19. The van der Waals surface area contributed by atoms with E-state index in [0.29, 0.717) is 0 Å². The molecule has 0 aliphatic rings. The molecule has 0 aliphatic heterocycles. The largest absolute Gasteiger partial charge is 0.350 e. The Bertz CT molecular complexity index is 652. The summed E-state index contributed by atoms with van der Waals surface area (Å²) >= 11 is 0. The molecule has 0 aliphatic carbocycles. The molecule has 0 radical (unpaired) electrons. The van der Waals surface area contributed by atoms with Crippen molar-refractivity contribution >= 4 is 10.9 Å². The number of aromatic nitrogens is 3. The summed E-state index contributed by atoms with van der Waals surface area (Å²) in [6.45, 7) is 2.71. The molecule has 0 unspecified atom stereocenters. The number of rotatable bonds is 5. The highest BCUT2D eigenvalue weighted by Crippen LogP contribution is 2.19. The molecule has 0 amide bonds. The Kier molecular flexibility index (Phi) is 3.33. The molecule has 2 aromatic heterocycles. The predicted molar refractivity (Wildman–Crippen MR) is 76.9 cm³/mol. The SMILES string of the molecule is Cn1cc(CNCCn2cccn2)c2ccccc21. The highest BCUT2D eigenvalue weighted by molar-refractivity contribution is 5.83. The first-order valence-electron chi connectivity index (χ1n) is 6.55. The predicted octanol–water partition coefficient (Wildman–Crippen LogP) is 2.16. The Morgan fingerprint density at radius 3 is 2.95 bits per heavy atom. The third kappa shape index (κ3) is 2.53. The Labute approximate surface area is 112 Å². The summed E-state index contributed by atoms with van der Waals surface area (Å²) in [5, 5.41) is 8.99. The molecule has 0 saturated heterocycles. The lowest BCUT2D eigenvalue weighted by Crippen LogP contribution is -2.19. The van der Waals surface area contributed by atoms with E-state index in [2.05, 4.69) is 52.5 Å². The van der Waals surface area contributed by atoms with Gasteiger partial charge in [-0.3, -0.25) is 4.68 Å². The molecule has 0 bridgehead atoms. The van der Waals surface area contributed by atoms with Crippen LogP contribution in [0.1, 0.15) is 5.56 Å². The van der Waals surface area contributed by atoms with Crippen LogP contribution in [0.4, 0.5) is 0 Å². The number of nitrogens with one attached hydrogen (secondary N) is 1. The fraction of sp³-hybridized carbons (Fsp3) is 0.267. The number of hydrogen-bond donors (Lipinski definition) is 1. The van der Waals surface area contributed by atoms with Gasteiger partial charge in [0, 0.05) is 49.6 Å². The number of fused-ring (bicyclic) bond motifs is 1. The topological polar surface area (TPSA) is 34.8 Å². The first-order valence-corrected chi connectivity index (χ1v) is 6.55. The number of benzene rings is 1. The normalized spacial score (nSPS) is 11.2. The molecule has 0 saturated carbocycles. The van der Waals surface area contributed by atoms with Crippen LogP contribution in [0, 0.1) is 0 Å². The second-order valence-electron chi connectivity index (χ2n) is 4.73. The minimum absolute atomic E-state index is 0.891. The molecular weight excluding hydrogens is 236 g/mol. The van der Waals surface area contributed by atoms with E-state index in [1.54, 1.807) is 0 Å². The fourth-order valence-electron chi connectivity index (χ4n) is 2.42. The monoisotopic (exact) mass is 254 g/mol. The van der Waals surface area contributed by atoms with Crippen LogP contribution in [0.3, 0.4) is 0 Å². The molecule has 3 aromatic rings. The fourth-order valence-corrected chi connectivity index (χ4v) is 2.42. The minimum Gasteiger partial charge on any atom is -0.350 e. The van der Waals surface area contributed by atoms with Gasteiger partial charge in [-0.15, -0.1) is 0 Å². The van der Waals surface area contributed by atoms with Gasteiger partial charge in [-0.2, -0.15) is 5.10 Å². The highest BCUT2D eigenvalue weighted by atomic mass is 15.3.